The molecule has 1 aliphatic rings. The second-order valence-corrected chi connectivity index (χ2v) is 9.14. The van der Waals surface area contributed by atoms with Crippen LogP contribution in [0.5, 0.6) is 5.75 Å². The van der Waals surface area contributed by atoms with Gasteiger partial charge in [-0.15, -0.1) is 11.3 Å². The van der Waals surface area contributed by atoms with Crippen molar-refractivity contribution in [1.82, 2.24) is 5.32 Å². The summed E-state index contributed by atoms with van der Waals surface area (Å²) in [4.78, 5) is 0. The van der Waals surface area contributed by atoms with E-state index in [1.165, 1.54) is 38.8 Å². The molecule has 5 rings (SSSR count). The van der Waals surface area contributed by atoms with Crippen LogP contribution >= 0.6 is 11.3 Å². The summed E-state index contributed by atoms with van der Waals surface area (Å²) in [6, 6.07) is 25.3. The molecule has 1 aromatic heterocycles. The Morgan fingerprint density at radius 1 is 1.00 bits per heavy atom. The number of hydrogen-bond acceptors (Lipinski definition) is 4. The highest BCUT2D eigenvalue weighted by molar-refractivity contribution is 7.17. The van der Waals surface area contributed by atoms with Crippen LogP contribution in [0.3, 0.4) is 0 Å². The molecule has 0 bridgehead atoms. The molecular weight excluding hydrogens is 402 g/mol. The minimum Gasteiger partial charge on any atom is -0.491 e. The van der Waals surface area contributed by atoms with E-state index in [9.17, 15) is 5.11 Å². The number of aryl methyl sites for hydroxylation is 1. The van der Waals surface area contributed by atoms with E-state index in [-0.39, 0.29) is 6.61 Å². The molecule has 3 aromatic carbocycles. The monoisotopic (exact) mass is 429 g/mol. The van der Waals surface area contributed by atoms with Crippen molar-refractivity contribution >= 4 is 21.4 Å². The average molecular weight is 430 g/mol. The topological polar surface area (TPSA) is 41.5 Å². The predicted molar refractivity (Wildman–Crippen MR) is 129 cm³/mol. The van der Waals surface area contributed by atoms with Crippen molar-refractivity contribution in [2.75, 3.05) is 19.7 Å². The highest BCUT2D eigenvalue weighted by Crippen LogP contribution is 2.34. The highest BCUT2D eigenvalue weighted by atomic mass is 32.1. The van der Waals surface area contributed by atoms with Crippen molar-refractivity contribution in [3.63, 3.8) is 0 Å². The van der Waals surface area contributed by atoms with Crippen LogP contribution in [0.1, 0.15) is 23.5 Å². The first kappa shape index (κ1) is 20.3. The molecule has 0 fully saturated rings. The van der Waals surface area contributed by atoms with E-state index >= 15 is 0 Å². The molecule has 0 saturated heterocycles. The first-order valence-electron chi connectivity index (χ1n) is 10.9. The Kier molecular flexibility index (Phi) is 6.03. The first-order valence-corrected chi connectivity index (χ1v) is 11.8. The summed E-state index contributed by atoms with van der Waals surface area (Å²) in [5.41, 5.74) is 5.37. The highest BCUT2D eigenvalue weighted by Gasteiger charge is 2.21. The van der Waals surface area contributed by atoms with Gasteiger partial charge in [-0.25, -0.2) is 0 Å². The van der Waals surface area contributed by atoms with Crippen LogP contribution in [0, 0.1) is 0 Å². The molecular formula is C27H27NO2S. The fraction of sp³-hybridized carbons (Fsp3) is 0.259. The molecule has 4 aromatic rings. The first-order chi connectivity index (χ1) is 15.3. The molecule has 0 saturated carbocycles. The molecule has 1 aliphatic carbocycles. The largest absolute Gasteiger partial charge is 0.491 e. The van der Waals surface area contributed by atoms with Gasteiger partial charge in [0.1, 0.15) is 18.5 Å². The van der Waals surface area contributed by atoms with Crippen LogP contribution in [-0.4, -0.2) is 30.9 Å². The number of aliphatic hydroxyl groups excluding tert-OH is 1. The lowest BCUT2D eigenvalue weighted by molar-refractivity contribution is 0.106. The van der Waals surface area contributed by atoms with Crippen LogP contribution < -0.4 is 10.1 Å². The lowest BCUT2D eigenvalue weighted by Gasteiger charge is -2.16. The number of ether oxygens (including phenoxy) is 1. The van der Waals surface area contributed by atoms with Crippen LogP contribution in [0.15, 0.2) is 78.2 Å². The summed E-state index contributed by atoms with van der Waals surface area (Å²) < 4.78 is 7.12. The number of thiophene rings is 1. The summed E-state index contributed by atoms with van der Waals surface area (Å²) in [5.74, 6) is 1.33. The zero-order valence-corrected chi connectivity index (χ0v) is 18.3. The van der Waals surface area contributed by atoms with Crippen molar-refractivity contribution in [2.24, 2.45) is 0 Å². The second-order valence-electron chi connectivity index (χ2n) is 8.23. The molecule has 4 heteroatoms. The van der Waals surface area contributed by atoms with Gasteiger partial charge in [-0.2, -0.15) is 0 Å². The van der Waals surface area contributed by atoms with Crippen LogP contribution in [0.25, 0.3) is 21.2 Å². The molecule has 3 nitrogen and oxygen atoms in total. The summed E-state index contributed by atoms with van der Waals surface area (Å²) >= 11 is 1.77. The molecule has 0 aliphatic heterocycles. The summed E-state index contributed by atoms with van der Waals surface area (Å²) in [7, 11) is 0. The summed E-state index contributed by atoms with van der Waals surface area (Å²) in [6.07, 6.45) is 1.81. The van der Waals surface area contributed by atoms with E-state index < -0.39 is 6.10 Å². The molecule has 1 unspecified atom stereocenters. The van der Waals surface area contributed by atoms with Gasteiger partial charge in [-0.1, -0.05) is 54.6 Å². The van der Waals surface area contributed by atoms with Gasteiger partial charge in [-0.3, -0.25) is 0 Å². The number of benzene rings is 3. The minimum absolute atomic E-state index is 0.287. The Balaban J connectivity index is 1.10. The predicted octanol–water partition coefficient (Wildman–Crippen LogP) is 5.63. The number of aliphatic hydroxyl groups is 1. The van der Waals surface area contributed by atoms with Gasteiger partial charge in [0.05, 0.1) is 0 Å². The van der Waals surface area contributed by atoms with Crippen molar-refractivity contribution in [2.45, 2.75) is 24.9 Å². The van der Waals surface area contributed by atoms with Gasteiger partial charge in [0.25, 0.3) is 0 Å². The van der Waals surface area contributed by atoms with Gasteiger partial charge in [0.2, 0.25) is 0 Å². The number of nitrogens with one attached hydrogen (secondary N) is 1. The molecule has 0 radical (unpaired) electrons. The summed E-state index contributed by atoms with van der Waals surface area (Å²) in [6.45, 7) is 1.73. The van der Waals surface area contributed by atoms with Crippen molar-refractivity contribution in [1.29, 1.82) is 0 Å². The third kappa shape index (κ3) is 4.52. The van der Waals surface area contributed by atoms with E-state index in [0.717, 1.165) is 18.7 Å². The molecule has 2 atom stereocenters. The zero-order valence-electron chi connectivity index (χ0n) is 17.5. The molecule has 0 spiro atoms. The normalized spacial score (nSPS) is 16.4. The fourth-order valence-electron chi connectivity index (χ4n) is 4.46. The summed E-state index contributed by atoms with van der Waals surface area (Å²) in [5, 5.41) is 17.2. The third-order valence-corrected chi connectivity index (χ3v) is 7.08. The third-order valence-electron chi connectivity index (χ3n) is 6.12. The van der Waals surface area contributed by atoms with E-state index in [4.69, 9.17) is 4.74 Å². The SMILES string of the molecule is O[C@H](CNCC1CCc2ccccc21)COc1ccc(-c2csc3ccccc23)cc1. The van der Waals surface area contributed by atoms with Crippen molar-refractivity contribution in [3.05, 3.63) is 89.3 Å². The van der Waals surface area contributed by atoms with Crippen molar-refractivity contribution < 1.29 is 9.84 Å². The van der Waals surface area contributed by atoms with E-state index in [0.29, 0.717) is 12.5 Å². The van der Waals surface area contributed by atoms with Gasteiger partial charge in [0.15, 0.2) is 0 Å². The standard InChI is InChI=1S/C27H27NO2S/c29-22(16-28-15-21-10-9-19-5-1-2-6-24(19)21)17-30-23-13-11-20(12-14-23)26-18-31-27-8-4-3-7-25(26)27/h1-8,11-14,18,21-22,28-29H,9-10,15-17H2/t21?,22-/m1/s1. The van der Waals surface area contributed by atoms with E-state index in [2.05, 4.69) is 71.4 Å². The maximum Gasteiger partial charge on any atom is 0.119 e. The van der Waals surface area contributed by atoms with E-state index in [1.807, 2.05) is 12.1 Å². The number of fused-ring (bicyclic) bond motifs is 2. The van der Waals surface area contributed by atoms with Gasteiger partial charge >= 0.3 is 0 Å². The number of hydrogen-bond donors (Lipinski definition) is 2. The Morgan fingerprint density at radius 2 is 1.81 bits per heavy atom. The average Bonchev–Trinajstić information content (AvgIpc) is 3.43. The molecule has 31 heavy (non-hydrogen) atoms. The second kappa shape index (κ2) is 9.23. The van der Waals surface area contributed by atoms with Crippen LogP contribution in [-0.2, 0) is 6.42 Å². The van der Waals surface area contributed by atoms with Crippen molar-refractivity contribution in [3.8, 4) is 16.9 Å². The van der Waals surface area contributed by atoms with Crippen LogP contribution in [0.4, 0.5) is 0 Å². The lowest BCUT2D eigenvalue weighted by atomic mass is 10.0. The molecule has 0 amide bonds. The van der Waals surface area contributed by atoms with Gasteiger partial charge in [0, 0.05) is 28.7 Å². The Hall–Kier alpha value is -2.66. The minimum atomic E-state index is -0.530. The van der Waals surface area contributed by atoms with E-state index in [1.54, 1.807) is 11.3 Å². The maximum atomic E-state index is 10.3. The van der Waals surface area contributed by atoms with Gasteiger partial charge in [-0.05, 0) is 59.0 Å². The smallest absolute Gasteiger partial charge is 0.119 e. The molecule has 1 heterocycles. The molecule has 158 valence electrons. The Morgan fingerprint density at radius 3 is 2.71 bits per heavy atom. The quantitative estimate of drug-likeness (QED) is 0.382. The molecule has 2 N–H and O–H groups in total. The van der Waals surface area contributed by atoms with Gasteiger partial charge < -0.3 is 15.2 Å². The Bertz CT molecular complexity index is 1150. The fourth-order valence-corrected chi connectivity index (χ4v) is 5.43. The number of rotatable bonds is 8. The Labute approximate surface area is 187 Å². The van der Waals surface area contributed by atoms with Crippen LogP contribution in [0.2, 0.25) is 0 Å². The zero-order chi connectivity index (χ0) is 21.0. The maximum absolute atomic E-state index is 10.3. The lowest BCUT2D eigenvalue weighted by Crippen LogP contribution is -2.33.